The number of nitro groups is 1. The maximum Gasteiger partial charge on any atom is 0.338 e. The van der Waals surface area contributed by atoms with Crippen molar-refractivity contribution in [3.05, 3.63) is 39.4 Å². The van der Waals surface area contributed by atoms with Crippen molar-refractivity contribution in [2.24, 2.45) is 10.8 Å². The Hall–Kier alpha value is -2.44. The van der Waals surface area contributed by atoms with Crippen LogP contribution < -0.4 is 0 Å². The summed E-state index contributed by atoms with van der Waals surface area (Å²) in [6, 6.07) is 4.24. The summed E-state index contributed by atoms with van der Waals surface area (Å²) in [7, 11) is 0. The first-order valence-corrected chi connectivity index (χ1v) is 9.21. The van der Waals surface area contributed by atoms with E-state index in [-0.39, 0.29) is 40.6 Å². The van der Waals surface area contributed by atoms with Crippen LogP contribution in [0.15, 0.2) is 18.2 Å². The van der Waals surface area contributed by atoms with Crippen LogP contribution in [0.3, 0.4) is 0 Å². The molecule has 1 amide bonds. The second-order valence-electron chi connectivity index (χ2n) is 9.07. The number of fused-ring (bicyclic) bond motifs is 2. The van der Waals surface area contributed by atoms with E-state index in [2.05, 4.69) is 20.8 Å². The summed E-state index contributed by atoms with van der Waals surface area (Å²) in [5.41, 5.74) is 0.868. The highest BCUT2D eigenvalue weighted by molar-refractivity contribution is 5.92. The molecule has 2 aliphatic rings. The molecule has 3 rings (SSSR count). The highest BCUT2D eigenvalue weighted by Crippen LogP contribution is 2.52. The maximum absolute atomic E-state index is 12.6. The van der Waals surface area contributed by atoms with E-state index in [4.69, 9.17) is 4.74 Å². The number of ether oxygens (including phenoxy) is 1. The summed E-state index contributed by atoms with van der Waals surface area (Å²) in [5, 5.41) is 10.9. The molecule has 1 heterocycles. The van der Waals surface area contributed by atoms with E-state index in [9.17, 15) is 19.7 Å². The Morgan fingerprint density at radius 2 is 2.00 bits per heavy atom. The number of carbonyl (C=O) groups is 2. The smallest absolute Gasteiger partial charge is 0.338 e. The van der Waals surface area contributed by atoms with Gasteiger partial charge in [-0.3, -0.25) is 14.9 Å². The van der Waals surface area contributed by atoms with Crippen molar-refractivity contribution in [2.75, 3.05) is 13.2 Å². The molecule has 1 saturated carbocycles. The predicted octanol–water partition coefficient (Wildman–Crippen LogP) is 3.49. The summed E-state index contributed by atoms with van der Waals surface area (Å²) in [4.78, 5) is 37.1. The second-order valence-corrected chi connectivity index (χ2v) is 9.07. The number of carbonyl (C=O) groups excluding carboxylic acids is 2. The van der Waals surface area contributed by atoms with E-state index in [1.54, 1.807) is 6.92 Å². The molecule has 2 bridgehead atoms. The summed E-state index contributed by atoms with van der Waals surface area (Å²) < 4.78 is 5.19. The molecule has 27 heavy (non-hydrogen) atoms. The van der Waals surface area contributed by atoms with Crippen molar-refractivity contribution in [1.29, 1.82) is 0 Å². The molecule has 2 fully saturated rings. The monoisotopic (exact) mass is 374 g/mol. The lowest BCUT2D eigenvalue weighted by Crippen LogP contribution is -2.39. The molecular weight excluding hydrogens is 348 g/mol. The average Bonchev–Trinajstić information content (AvgIpc) is 2.80. The third kappa shape index (κ3) is 3.96. The fourth-order valence-electron chi connectivity index (χ4n) is 5.03. The molecule has 1 aliphatic carbocycles. The van der Waals surface area contributed by atoms with E-state index in [0.717, 1.165) is 19.3 Å². The number of nitro benzene ring substituents is 1. The minimum atomic E-state index is -0.643. The Morgan fingerprint density at radius 3 is 2.63 bits per heavy atom. The van der Waals surface area contributed by atoms with Gasteiger partial charge >= 0.3 is 5.97 Å². The van der Waals surface area contributed by atoms with Crippen LogP contribution in [0.25, 0.3) is 0 Å². The van der Waals surface area contributed by atoms with Gasteiger partial charge in [-0.15, -0.1) is 0 Å². The fourth-order valence-corrected chi connectivity index (χ4v) is 5.03. The molecule has 7 nitrogen and oxygen atoms in total. The van der Waals surface area contributed by atoms with Crippen LogP contribution in [0.4, 0.5) is 5.69 Å². The summed E-state index contributed by atoms with van der Waals surface area (Å²) in [5.74, 6) is -0.816. The lowest BCUT2D eigenvalue weighted by molar-refractivity contribution is -0.385. The Labute approximate surface area is 158 Å². The number of nitrogens with zero attached hydrogens (tertiary/aromatic N) is 2. The molecule has 0 aromatic heterocycles. The number of aryl methyl sites for hydroxylation is 1. The summed E-state index contributed by atoms with van der Waals surface area (Å²) in [6.45, 7) is 8.66. The zero-order chi connectivity index (χ0) is 20.0. The van der Waals surface area contributed by atoms with Crippen LogP contribution in [0, 0.1) is 27.9 Å². The van der Waals surface area contributed by atoms with Gasteiger partial charge in [0.1, 0.15) is 0 Å². The van der Waals surface area contributed by atoms with Gasteiger partial charge in [-0.25, -0.2) is 4.79 Å². The van der Waals surface area contributed by atoms with Gasteiger partial charge in [-0.2, -0.15) is 0 Å². The lowest BCUT2D eigenvalue weighted by Gasteiger charge is -2.39. The van der Waals surface area contributed by atoms with Gasteiger partial charge in [-0.1, -0.05) is 20.8 Å². The quantitative estimate of drug-likeness (QED) is 0.457. The van der Waals surface area contributed by atoms with Crippen molar-refractivity contribution in [3.63, 3.8) is 0 Å². The molecule has 2 atom stereocenters. The van der Waals surface area contributed by atoms with Gasteiger partial charge < -0.3 is 9.64 Å². The van der Waals surface area contributed by atoms with Gasteiger partial charge in [0.2, 0.25) is 0 Å². The molecular formula is C20H26N2O5. The molecule has 1 saturated heterocycles. The van der Waals surface area contributed by atoms with E-state index in [1.165, 1.54) is 18.2 Å². The van der Waals surface area contributed by atoms with Crippen molar-refractivity contribution in [2.45, 2.75) is 53.0 Å². The maximum atomic E-state index is 12.6. The van der Waals surface area contributed by atoms with Crippen LogP contribution in [0.2, 0.25) is 0 Å². The molecule has 0 spiro atoms. The Morgan fingerprint density at radius 1 is 1.30 bits per heavy atom. The predicted molar refractivity (Wildman–Crippen MR) is 99.4 cm³/mol. The normalized spacial score (nSPS) is 25.9. The zero-order valence-corrected chi connectivity index (χ0v) is 16.3. The highest BCUT2D eigenvalue weighted by Gasteiger charge is 2.50. The molecule has 0 N–H and O–H groups in total. The number of hydrogen-bond acceptors (Lipinski definition) is 5. The highest BCUT2D eigenvalue weighted by atomic mass is 16.6. The van der Waals surface area contributed by atoms with E-state index in [1.807, 2.05) is 4.90 Å². The van der Waals surface area contributed by atoms with Gasteiger partial charge in [0.05, 0.1) is 10.5 Å². The Bertz CT molecular complexity index is 804. The minimum absolute atomic E-state index is 0.0529. The number of amides is 1. The van der Waals surface area contributed by atoms with E-state index < -0.39 is 10.9 Å². The van der Waals surface area contributed by atoms with Gasteiger partial charge in [0, 0.05) is 24.2 Å². The molecule has 0 unspecified atom stereocenters. The standard InChI is InChI=1S/C20H26N2O5/c1-13-7-14(5-6-16(13)22(25)26)18(24)27-10-17(23)21-12-20(4)9-15(21)8-19(2,3)11-20/h5-7,15H,8-12H2,1-4H3/t15-,20-/m0/s1. The minimum Gasteiger partial charge on any atom is -0.452 e. The number of benzene rings is 1. The first-order chi connectivity index (χ1) is 12.5. The summed E-state index contributed by atoms with van der Waals surface area (Å²) in [6.07, 6.45) is 3.05. The average molecular weight is 374 g/mol. The van der Waals surface area contributed by atoms with Crippen LogP contribution in [-0.4, -0.2) is 40.9 Å². The van der Waals surface area contributed by atoms with Crippen molar-refractivity contribution < 1.29 is 19.2 Å². The first-order valence-electron chi connectivity index (χ1n) is 9.21. The Kier molecular flexibility index (Phi) is 4.74. The van der Waals surface area contributed by atoms with Crippen LogP contribution in [0.5, 0.6) is 0 Å². The first kappa shape index (κ1) is 19.3. The van der Waals surface area contributed by atoms with Crippen molar-refractivity contribution in [3.8, 4) is 0 Å². The molecule has 7 heteroatoms. The lowest BCUT2D eigenvalue weighted by atomic mass is 9.65. The molecule has 1 aliphatic heterocycles. The summed E-state index contributed by atoms with van der Waals surface area (Å²) >= 11 is 0. The van der Waals surface area contributed by atoms with Gasteiger partial charge in [0.15, 0.2) is 6.61 Å². The van der Waals surface area contributed by atoms with Gasteiger partial charge in [0.25, 0.3) is 11.6 Å². The van der Waals surface area contributed by atoms with E-state index in [0.29, 0.717) is 12.1 Å². The van der Waals surface area contributed by atoms with Crippen molar-refractivity contribution >= 4 is 17.6 Å². The van der Waals surface area contributed by atoms with Crippen LogP contribution in [0.1, 0.15) is 56.0 Å². The SMILES string of the molecule is Cc1cc(C(=O)OCC(=O)N2C[C@@]3(C)C[C@@H]2CC(C)(C)C3)ccc1[N+](=O)[O-]. The molecule has 1 aromatic rings. The van der Waals surface area contributed by atoms with Gasteiger partial charge in [-0.05, 0) is 49.1 Å². The topological polar surface area (TPSA) is 89.8 Å². The second kappa shape index (κ2) is 6.62. The number of esters is 1. The van der Waals surface area contributed by atoms with Crippen LogP contribution in [-0.2, 0) is 9.53 Å². The number of rotatable bonds is 4. The molecule has 1 aromatic carbocycles. The third-order valence-corrected chi connectivity index (χ3v) is 5.69. The number of likely N-dealkylation sites (tertiary alicyclic amines) is 1. The third-order valence-electron chi connectivity index (χ3n) is 5.69. The van der Waals surface area contributed by atoms with Crippen LogP contribution >= 0.6 is 0 Å². The zero-order valence-electron chi connectivity index (χ0n) is 16.3. The van der Waals surface area contributed by atoms with E-state index >= 15 is 0 Å². The largest absolute Gasteiger partial charge is 0.452 e. The van der Waals surface area contributed by atoms with Crippen molar-refractivity contribution in [1.82, 2.24) is 4.90 Å². The molecule has 146 valence electrons. The Balaban J connectivity index is 1.62. The number of hydrogen-bond donors (Lipinski definition) is 0. The fraction of sp³-hybridized carbons (Fsp3) is 0.600. The molecule has 0 radical (unpaired) electrons.